The highest BCUT2D eigenvalue weighted by Gasteiger charge is 2.45. The van der Waals surface area contributed by atoms with Gasteiger partial charge in [-0.3, -0.25) is 14.9 Å². The summed E-state index contributed by atoms with van der Waals surface area (Å²) in [7, 11) is 0. The van der Waals surface area contributed by atoms with E-state index < -0.39 is 33.5 Å². The summed E-state index contributed by atoms with van der Waals surface area (Å²) in [6.07, 6.45) is 0.444. The molecule has 32 heavy (non-hydrogen) atoms. The number of carbonyl (C=O) groups is 1. The summed E-state index contributed by atoms with van der Waals surface area (Å²) >= 11 is 0. The quantitative estimate of drug-likeness (QED) is 0.282. The van der Waals surface area contributed by atoms with Gasteiger partial charge in [0.05, 0.1) is 39.3 Å². The molecule has 2 aliphatic rings. The van der Waals surface area contributed by atoms with Crippen LogP contribution in [0.1, 0.15) is 42.5 Å². The average molecular weight is 437 g/mol. The third-order valence-corrected chi connectivity index (χ3v) is 6.46. The van der Waals surface area contributed by atoms with Crippen molar-refractivity contribution in [3.8, 4) is 17.1 Å². The van der Waals surface area contributed by atoms with Crippen LogP contribution in [0.15, 0.2) is 23.0 Å². The second-order valence-electron chi connectivity index (χ2n) is 7.96. The standard InChI is InChI=1S/C22H19N3O7/c1-3-10-11-8-24-15(7-13-12(20(24)27)9-32-21(28)22(13,29)4-2)18(11)23-14-5-6-16(26)19(17(10)14)25(30)31/h5-7,26,29H,3-4,8-9H2,1-2H3. The molecular formula is C22H19N3O7. The van der Waals surface area contributed by atoms with E-state index in [1.807, 2.05) is 6.92 Å². The Morgan fingerprint density at radius 2 is 2.03 bits per heavy atom. The number of phenols is 1. The summed E-state index contributed by atoms with van der Waals surface area (Å²) in [5.41, 5.74) is 0.120. The van der Waals surface area contributed by atoms with Crippen molar-refractivity contribution < 1.29 is 24.7 Å². The van der Waals surface area contributed by atoms with E-state index in [9.17, 15) is 29.9 Å². The molecule has 0 bridgehead atoms. The van der Waals surface area contributed by atoms with Gasteiger partial charge in [0.15, 0.2) is 11.4 Å². The molecule has 0 radical (unpaired) electrons. The van der Waals surface area contributed by atoms with Gasteiger partial charge in [0, 0.05) is 11.1 Å². The lowest BCUT2D eigenvalue weighted by Gasteiger charge is -2.31. The highest BCUT2D eigenvalue weighted by molar-refractivity contribution is 5.97. The van der Waals surface area contributed by atoms with Crippen molar-refractivity contribution in [1.82, 2.24) is 9.55 Å². The maximum absolute atomic E-state index is 13.3. The number of nitrogens with zero attached hydrogens (tertiary/aromatic N) is 3. The van der Waals surface area contributed by atoms with Crippen LogP contribution in [0.25, 0.3) is 22.3 Å². The van der Waals surface area contributed by atoms with E-state index >= 15 is 0 Å². The molecule has 1 aromatic carbocycles. The molecule has 4 heterocycles. The van der Waals surface area contributed by atoms with E-state index in [-0.39, 0.29) is 36.1 Å². The fraction of sp³-hybridized carbons (Fsp3) is 0.318. The highest BCUT2D eigenvalue weighted by Crippen LogP contribution is 2.43. The van der Waals surface area contributed by atoms with Crippen LogP contribution in [0.3, 0.4) is 0 Å². The Labute approximate surface area is 180 Å². The van der Waals surface area contributed by atoms with Gasteiger partial charge in [0.2, 0.25) is 0 Å². The SMILES string of the molecule is CCc1c2c(nc3ccc(O)c([N+](=O)[O-])c13)-c1cc3c(c(=O)n1C2)COC(=O)C3(O)CC. The van der Waals surface area contributed by atoms with Crippen LogP contribution >= 0.6 is 0 Å². The smallest absolute Gasteiger partial charge is 0.343 e. The molecule has 10 nitrogen and oxygen atoms in total. The minimum absolute atomic E-state index is 0.0331. The summed E-state index contributed by atoms with van der Waals surface area (Å²) in [5.74, 6) is -1.26. The van der Waals surface area contributed by atoms with Crippen molar-refractivity contribution in [2.45, 2.75) is 45.4 Å². The number of benzene rings is 1. The lowest BCUT2D eigenvalue weighted by Crippen LogP contribution is -2.44. The van der Waals surface area contributed by atoms with Crippen LogP contribution in [-0.4, -0.2) is 30.7 Å². The second-order valence-corrected chi connectivity index (χ2v) is 7.96. The van der Waals surface area contributed by atoms with E-state index in [1.165, 1.54) is 16.7 Å². The number of hydrogen-bond acceptors (Lipinski definition) is 8. The number of aromatic hydroxyl groups is 1. The fourth-order valence-electron chi connectivity index (χ4n) is 4.81. The number of esters is 1. The molecule has 0 saturated carbocycles. The molecule has 1 unspecified atom stereocenters. The number of nitro groups is 1. The molecule has 0 fully saturated rings. The zero-order chi connectivity index (χ0) is 22.9. The van der Waals surface area contributed by atoms with E-state index in [2.05, 4.69) is 4.98 Å². The Balaban J connectivity index is 1.86. The lowest BCUT2D eigenvalue weighted by atomic mass is 9.86. The Kier molecular flexibility index (Phi) is 4.15. The monoisotopic (exact) mass is 437 g/mol. The zero-order valence-electron chi connectivity index (χ0n) is 17.3. The van der Waals surface area contributed by atoms with Gasteiger partial charge >= 0.3 is 11.7 Å². The highest BCUT2D eigenvalue weighted by atomic mass is 16.6. The lowest BCUT2D eigenvalue weighted by molar-refractivity contribution is -0.384. The van der Waals surface area contributed by atoms with E-state index in [1.54, 1.807) is 13.0 Å². The molecule has 10 heteroatoms. The second kappa shape index (κ2) is 6.60. The summed E-state index contributed by atoms with van der Waals surface area (Å²) in [6, 6.07) is 4.32. The Morgan fingerprint density at radius 3 is 2.69 bits per heavy atom. The van der Waals surface area contributed by atoms with Crippen molar-refractivity contribution in [1.29, 1.82) is 0 Å². The van der Waals surface area contributed by atoms with Gasteiger partial charge in [-0.2, -0.15) is 0 Å². The predicted molar refractivity (Wildman–Crippen MR) is 112 cm³/mol. The Bertz CT molecular complexity index is 1430. The van der Waals surface area contributed by atoms with Gasteiger partial charge < -0.3 is 19.5 Å². The molecule has 2 aliphatic heterocycles. The topological polar surface area (TPSA) is 145 Å². The summed E-state index contributed by atoms with van der Waals surface area (Å²) in [5, 5.41) is 33.0. The minimum atomic E-state index is -1.93. The van der Waals surface area contributed by atoms with Crippen LogP contribution in [0.2, 0.25) is 0 Å². The maximum Gasteiger partial charge on any atom is 0.343 e. The van der Waals surface area contributed by atoms with Crippen LogP contribution < -0.4 is 5.56 Å². The first-order valence-electron chi connectivity index (χ1n) is 10.2. The number of fused-ring (bicyclic) bond motifs is 5. The van der Waals surface area contributed by atoms with E-state index in [0.717, 1.165) is 0 Å². The number of aromatic nitrogens is 2. The van der Waals surface area contributed by atoms with Crippen LogP contribution in [0.5, 0.6) is 5.75 Å². The van der Waals surface area contributed by atoms with Gasteiger partial charge in [-0.05, 0) is 36.6 Å². The molecule has 1 atom stereocenters. The number of carbonyl (C=O) groups excluding carboxylic acids is 1. The number of hydrogen-bond donors (Lipinski definition) is 2. The first-order valence-corrected chi connectivity index (χ1v) is 10.2. The van der Waals surface area contributed by atoms with E-state index in [4.69, 9.17) is 4.74 Å². The molecular weight excluding hydrogens is 418 g/mol. The molecule has 0 saturated heterocycles. The molecule has 3 aromatic rings. The number of pyridine rings is 2. The largest absolute Gasteiger partial charge is 0.502 e. The molecule has 0 aliphatic carbocycles. The maximum atomic E-state index is 13.3. The number of ether oxygens (including phenoxy) is 1. The van der Waals surface area contributed by atoms with Crippen molar-refractivity contribution in [3.63, 3.8) is 0 Å². The molecule has 2 N–H and O–H groups in total. The minimum Gasteiger partial charge on any atom is -0.502 e. The number of nitro benzene ring substituents is 1. The molecule has 5 rings (SSSR count). The summed E-state index contributed by atoms with van der Waals surface area (Å²) in [6.45, 7) is 3.36. The van der Waals surface area contributed by atoms with Gasteiger partial charge in [0.25, 0.3) is 5.56 Å². The van der Waals surface area contributed by atoms with Crippen LogP contribution in [-0.2, 0) is 34.7 Å². The first-order chi connectivity index (χ1) is 15.2. The van der Waals surface area contributed by atoms with Crippen LogP contribution in [0.4, 0.5) is 5.69 Å². The number of cyclic esters (lactones) is 1. The van der Waals surface area contributed by atoms with Gasteiger partial charge in [-0.15, -0.1) is 0 Å². The van der Waals surface area contributed by atoms with E-state index in [0.29, 0.717) is 34.5 Å². The Hall–Kier alpha value is -3.79. The fourth-order valence-corrected chi connectivity index (χ4v) is 4.81. The van der Waals surface area contributed by atoms with Gasteiger partial charge in [-0.25, -0.2) is 9.78 Å². The van der Waals surface area contributed by atoms with Crippen LogP contribution in [0, 0.1) is 10.1 Å². The molecule has 2 aromatic heterocycles. The third kappa shape index (κ3) is 2.41. The third-order valence-electron chi connectivity index (χ3n) is 6.46. The normalized spacial score (nSPS) is 18.8. The molecule has 0 spiro atoms. The number of aryl methyl sites for hydroxylation is 1. The number of aliphatic hydroxyl groups is 1. The predicted octanol–water partition coefficient (Wildman–Crippen LogP) is 2.26. The molecule has 164 valence electrons. The van der Waals surface area contributed by atoms with Gasteiger partial charge in [0.1, 0.15) is 6.61 Å². The van der Waals surface area contributed by atoms with Crippen molar-refractivity contribution in [2.75, 3.05) is 0 Å². The number of phenolic OH excluding ortho intramolecular Hbond substituents is 1. The molecule has 0 amide bonds. The Morgan fingerprint density at radius 1 is 1.28 bits per heavy atom. The van der Waals surface area contributed by atoms with Crippen molar-refractivity contribution in [2.24, 2.45) is 0 Å². The summed E-state index contributed by atoms with van der Waals surface area (Å²) in [4.78, 5) is 41.2. The number of rotatable bonds is 3. The van der Waals surface area contributed by atoms with Gasteiger partial charge in [-0.1, -0.05) is 13.8 Å². The van der Waals surface area contributed by atoms with Crippen molar-refractivity contribution >= 4 is 22.6 Å². The summed E-state index contributed by atoms with van der Waals surface area (Å²) < 4.78 is 6.55. The zero-order valence-corrected chi connectivity index (χ0v) is 17.3. The van der Waals surface area contributed by atoms with Crippen molar-refractivity contribution in [3.05, 3.63) is 60.9 Å². The first kappa shape index (κ1) is 20.1. The average Bonchev–Trinajstić information content (AvgIpc) is 3.13.